The fraction of sp³-hybridized carbons (Fsp3) is 0.417. The predicted octanol–water partition coefficient (Wildman–Crippen LogP) is 1.33. The standard InChI is InChI=1S/C12H14N2O2/c15-12-13(8-11-9-16-11)6-7-14(12)10-4-2-1-3-5-10/h1-5,11H,6-9H2. The van der Waals surface area contributed by atoms with Gasteiger partial charge in [0.2, 0.25) is 0 Å². The third-order valence-corrected chi connectivity index (χ3v) is 2.99. The fourth-order valence-electron chi connectivity index (χ4n) is 2.02. The first-order valence-electron chi connectivity index (χ1n) is 5.58. The molecule has 84 valence electrons. The van der Waals surface area contributed by atoms with Gasteiger partial charge < -0.3 is 9.64 Å². The zero-order valence-electron chi connectivity index (χ0n) is 9.00. The van der Waals surface area contributed by atoms with Crippen LogP contribution in [0.3, 0.4) is 0 Å². The largest absolute Gasteiger partial charge is 0.371 e. The second-order valence-electron chi connectivity index (χ2n) is 4.17. The summed E-state index contributed by atoms with van der Waals surface area (Å²) < 4.78 is 5.15. The van der Waals surface area contributed by atoms with Gasteiger partial charge in [0.15, 0.2) is 0 Å². The first-order valence-corrected chi connectivity index (χ1v) is 5.58. The molecular formula is C12H14N2O2. The Labute approximate surface area is 94.4 Å². The van der Waals surface area contributed by atoms with Crippen LogP contribution >= 0.6 is 0 Å². The Morgan fingerprint density at radius 1 is 1.25 bits per heavy atom. The maximum absolute atomic E-state index is 12.1. The highest BCUT2D eigenvalue weighted by Crippen LogP contribution is 2.21. The molecule has 2 amide bonds. The van der Waals surface area contributed by atoms with Gasteiger partial charge in [-0.3, -0.25) is 4.90 Å². The summed E-state index contributed by atoms with van der Waals surface area (Å²) in [5.74, 6) is 0. The lowest BCUT2D eigenvalue weighted by atomic mass is 10.3. The van der Waals surface area contributed by atoms with Crippen LogP contribution in [0.4, 0.5) is 10.5 Å². The number of carbonyl (C=O) groups is 1. The molecule has 2 aliphatic heterocycles. The van der Waals surface area contributed by atoms with E-state index in [1.165, 1.54) is 0 Å². The van der Waals surface area contributed by atoms with Crippen molar-refractivity contribution in [3.63, 3.8) is 0 Å². The molecule has 0 spiro atoms. The summed E-state index contributed by atoms with van der Waals surface area (Å²) in [5.41, 5.74) is 0.978. The molecule has 0 bridgehead atoms. The normalized spacial score (nSPS) is 24.0. The number of ether oxygens (including phenoxy) is 1. The van der Waals surface area contributed by atoms with Crippen molar-refractivity contribution < 1.29 is 9.53 Å². The lowest BCUT2D eigenvalue weighted by molar-refractivity contribution is 0.215. The topological polar surface area (TPSA) is 36.1 Å². The van der Waals surface area contributed by atoms with Crippen LogP contribution in [0.25, 0.3) is 0 Å². The van der Waals surface area contributed by atoms with E-state index in [4.69, 9.17) is 4.74 Å². The van der Waals surface area contributed by atoms with Gasteiger partial charge in [-0.15, -0.1) is 0 Å². The SMILES string of the molecule is O=C1N(CC2CO2)CCN1c1ccccc1. The first kappa shape index (κ1) is 9.66. The van der Waals surface area contributed by atoms with Crippen LogP contribution in [0.2, 0.25) is 0 Å². The number of epoxide rings is 1. The summed E-state index contributed by atoms with van der Waals surface area (Å²) in [5, 5.41) is 0. The van der Waals surface area contributed by atoms with Gasteiger partial charge in [-0.1, -0.05) is 18.2 Å². The maximum atomic E-state index is 12.1. The highest BCUT2D eigenvalue weighted by Gasteiger charge is 2.34. The number of para-hydroxylation sites is 1. The van der Waals surface area contributed by atoms with Crippen molar-refractivity contribution in [1.29, 1.82) is 0 Å². The van der Waals surface area contributed by atoms with Gasteiger partial charge in [-0.05, 0) is 12.1 Å². The average Bonchev–Trinajstić information content (AvgIpc) is 3.06. The number of anilines is 1. The van der Waals surface area contributed by atoms with E-state index in [-0.39, 0.29) is 12.1 Å². The third kappa shape index (κ3) is 1.76. The highest BCUT2D eigenvalue weighted by atomic mass is 16.6. The maximum Gasteiger partial charge on any atom is 0.324 e. The summed E-state index contributed by atoms with van der Waals surface area (Å²) in [7, 11) is 0. The minimum Gasteiger partial charge on any atom is -0.371 e. The Morgan fingerprint density at radius 2 is 2.00 bits per heavy atom. The Morgan fingerprint density at radius 3 is 2.69 bits per heavy atom. The van der Waals surface area contributed by atoms with Crippen LogP contribution in [0.15, 0.2) is 30.3 Å². The molecule has 2 fully saturated rings. The molecule has 1 unspecified atom stereocenters. The first-order chi connectivity index (χ1) is 7.84. The Balaban J connectivity index is 1.71. The quantitative estimate of drug-likeness (QED) is 0.717. The Bertz CT molecular complexity index is 389. The van der Waals surface area contributed by atoms with Crippen molar-refractivity contribution in [1.82, 2.24) is 4.90 Å². The van der Waals surface area contributed by atoms with E-state index in [9.17, 15) is 4.79 Å². The highest BCUT2D eigenvalue weighted by molar-refractivity contribution is 5.94. The van der Waals surface area contributed by atoms with E-state index in [1.54, 1.807) is 0 Å². The van der Waals surface area contributed by atoms with Gasteiger partial charge >= 0.3 is 6.03 Å². The molecule has 0 aromatic heterocycles. The van der Waals surface area contributed by atoms with Crippen molar-refractivity contribution in [3.05, 3.63) is 30.3 Å². The molecule has 1 atom stereocenters. The van der Waals surface area contributed by atoms with Gasteiger partial charge in [-0.2, -0.15) is 0 Å². The Hall–Kier alpha value is -1.55. The summed E-state index contributed by atoms with van der Waals surface area (Å²) >= 11 is 0. The molecule has 4 heteroatoms. The van der Waals surface area contributed by atoms with E-state index in [0.29, 0.717) is 0 Å². The van der Waals surface area contributed by atoms with Crippen LogP contribution in [0.5, 0.6) is 0 Å². The van der Waals surface area contributed by atoms with Crippen LogP contribution in [-0.2, 0) is 4.74 Å². The predicted molar refractivity (Wildman–Crippen MR) is 60.5 cm³/mol. The number of hydrogen-bond donors (Lipinski definition) is 0. The van der Waals surface area contributed by atoms with Crippen molar-refractivity contribution in [2.24, 2.45) is 0 Å². The van der Waals surface area contributed by atoms with Gasteiger partial charge in [0.25, 0.3) is 0 Å². The number of benzene rings is 1. The molecule has 0 aliphatic carbocycles. The zero-order chi connectivity index (χ0) is 11.0. The molecule has 3 rings (SSSR count). The Kier molecular flexibility index (Phi) is 2.29. The van der Waals surface area contributed by atoms with Crippen molar-refractivity contribution in [2.75, 3.05) is 31.1 Å². The number of nitrogens with zero attached hydrogens (tertiary/aromatic N) is 2. The molecule has 0 saturated carbocycles. The van der Waals surface area contributed by atoms with Crippen LogP contribution < -0.4 is 4.90 Å². The van der Waals surface area contributed by atoms with E-state index in [1.807, 2.05) is 40.1 Å². The van der Waals surface area contributed by atoms with Crippen molar-refractivity contribution in [2.45, 2.75) is 6.10 Å². The van der Waals surface area contributed by atoms with Crippen molar-refractivity contribution in [3.8, 4) is 0 Å². The summed E-state index contributed by atoms with van der Waals surface area (Å²) in [4.78, 5) is 15.8. The van der Waals surface area contributed by atoms with E-state index in [2.05, 4.69) is 0 Å². The third-order valence-electron chi connectivity index (χ3n) is 2.99. The number of rotatable bonds is 3. The number of carbonyl (C=O) groups excluding carboxylic acids is 1. The summed E-state index contributed by atoms with van der Waals surface area (Å²) in [6, 6.07) is 9.90. The van der Waals surface area contributed by atoms with Gasteiger partial charge in [-0.25, -0.2) is 4.79 Å². The lowest BCUT2D eigenvalue weighted by Crippen LogP contribution is -2.34. The smallest absolute Gasteiger partial charge is 0.324 e. The molecule has 2 heterocycles. The zero-order valence-corrected chi connectivity index (χ0v) is 9.00. The van der Waals surface area contributed by atoms with E-state index < -0.39 is 0 Å². The molecule has 16 heavy (non-hydrogen) atoms. The molecular weight excluding hydrogens is 204 g/mol. The number of urea groups is 1. The molecule has 1 aromatic rings. The van der Waals surface area contributed by atoms with Gasteiger partial charge in [0, 0.05) is 18.8 Å². The molecule has 4 nitrogen and oxygen atoms in total. The number of hydrogen-bond acceptors (Lipinski definition) is 2. The fourth-order valence-corrected chi connectivity index (χ4v) is 2.02. The molecule has 0 N–H and O–H groups in total. The lowest BCUT2D eigenvalue weighted by Gasteiger charge is -2.17. The average molecular weight is 218 g/mol. The monoisotopic (exact) mass is 218 g/mol. The van der Waals surface area contributed by atoms with Gasteiger partial charge in [0.05, 0.1) is 19.3 Å². The van der Waals surface area contributed by atoms with Crippen LogP contribution in [-0.4, -0.2) is 43.3 Å². The minimum absolute atomic E-state index is 0.0988. The van der Waals surface area contributed by atoms with E-state index in [0.717, 1.165) is 31.9 Å². The minimum atomic E-state index is 0.0988. The molecule has 2 saturated heterocycles. The van der Waals surface area contributed by atoms with Crippen LogP contribution in [0, 0.1) is 0 Å². The number of amides is 2. The second-order valence-corrected chi connectivity index (χ2v) is 4.17. The van der Waals surface area contributed by atoms with E-state index >= 15 is 0 Å². The molecule has 2 aliphatic rings. The van der Waals surface area contributed by atoms with Gasteiger partial charge in [0.1, 0.15) is 0 Å². The second kappa shape index (κ2) is 3.79. The summed E-state index contributed by atoms with van der Waals surface area (Å²) in [6.07, 6.45) is 0.277. The van der Waals surface area contributed by atoms with Crippen molar-refractivity contribution >= 4 is 11.7 Å². The van der Waals surface area contributed by atoms with Crippen LogP contribution in [0.1, 0.15) is 0 Å². The molecule has 1 aromatic carbocycles. The summed E-state index contributed by atoms with van der Waals surface area (Å²) in [6.45, 7) is 3.11. The molecule has 0 radical (unpaired) electrons.